The van der Waals surface area contributed by atoms with E-state index >= 15 is 0 Å². The van der Waals surface area contributed by atoms with Gasteiger partial charge in [-0.1, -0.05) is 22.0 Å². The second kappa shape index (κ2) is 7.02. The first-order chi connectivity index (χ1) is 11.2. The van der Waals surface area contributed by atoms with E-state index in [0.29, 0.717) is 5.56 Å². The van der Waals surface area contributed by atoms with Crippen molar-refractivity contribution in [2.45, 2.75) is 0 Å². The van der Waals surface area contributed by atoms with Crippen LogP contribution in [0.25, 0.3) is 5.69 Å². The molecule has 3 aromatic rings. The third-order valence-electron chi connectivity index (χ3n) is 3.17. The summed E-state index contributed by atoms with van der Waals surface area (Å²) in [7, 11) is 0. The van der Waals surface area contributed by atoms with Gasteiger partial charge in [0.05, 0.1) is 11.9 Å². The van der Waals surface area contributed by atoms with Crippen LogP contribution in [-0.2, 0) is 0 Å². The molecule has 0 saturated heterocycles. The number of rotatable bonds is 4. The van der Waals surface area contributed by atoms with Gasteiger partial charge in [-0.05, 0) is 42.5 Å². The number of aromatic nitrogens is 2. The van der Waals surface area contributed by atoms with E-state index in [4.69, 9.17) is 0 Å². The summed E-state index contributed by atoms with van der Waals surface area (Å²) in [5, 5.41) is 4.02. The topological polar surface area (TPSA) is 59.3 Å². The first-order valence-electron chi connectivity index (χ1n) is 6.91. The quantitative estimate of drug-likeness (QED) is 0.566. The highest BCUT2D eigenvalue weighted by Crippen LogP contribution is 2.17. The molecular weight excluding hydrogens is 356 g/mol. The molecule has 2 heterocycles. The summed E-state index contributed by atoms with van der Waals surface area (Å²) in [6, 6.07) is 15.0. The molecule has 0 fully saturated rings. The summed E-state index contributed by atoms with van der Waals surface area (Å²) < 4.78 is 2.98. The number of hydrazone groups is 1. The number of nitrogens with one attached hydrogen (secondary N) is 1. The Labute approximate surface area is 141 Å². The average molecular weight is 369 g/mol. The van der Waals surface area contributed by atoms with Gasteiger partial charge < -0.3 is 4.57 Å². The lowest BCUT2D eigenvalue weighted by molar-refractivity contribution is 0.0955. The molecule has 1 amide bonds. The Bertz CT molecular complexity index is 843. The largest absolute Gasteiger partial charge is 0.316 e. The highest BCUT2D eigenvalue weighted by atomic mass is 79.9. The van der Waals surface area contributed by atoms with E-state index in [-0.39, 0.29) is 5.91 Å². The Morgan fingerprint density at radius 2 is 2.00 bits per heavy atom. The van der Waals surface area contributed by atoms with Crippen molar-refractivity contribution >= 4 is 28.1 Å². The van der Waals surface area contributed by atoms with Gasteiger partial charge in [0.2, 0.25) is 0 Å². The predicted molar refractivity (Wildman–Crippen MR) is 92.8 cm³/mol. The SMILES string of the molecule is O=C(N/N=C\c1cccn1-c1cccc(Br)c1)c1ccncc1. The molecule has 5 nitrogen and oxygen atoms in total. The maximum absolute atomic E-state index is 11.9. The fourth-order valence-electron chi connectivity index (χ4n) is 2.09. The summed E-state index contributed by atoms with van der Waals surface area (Å²) in [5.74, 6) is -0.274. The Morgan fingerprint density at radius 1 is 1.17 bits per heavy atom. The van der Waals surface area contributed by atoms with Gasteiger partial charge in [0.25, 0.3) is 5.91 Å². The Hall–Kier alpha value is -2.73. The van der Waals surface area contributed by atoms with E-state index in [2.05, 4.69) is 31.4 Å². The minimum absolute atomic E-state index is 0.274. The third-order valence-corrected chi connectivity index (χ3v) is 3.67. The molecule has 23 heavy (non-hydrogen) atoms. The molecule has 0 aliphatic rings. The molecule has 0 atom stereocenters. The van der Waals surface area contributed by atoms with Crippen molar-refractivity contribution in [2.75, 3.05) is 0 Å². The summed E-state index contributed by atoms with van der Waals surface area (Å²) in [6.07, 6.45) is 6.68. The van der Waals surface area contributed by atoms with Crippen LogP contribution in [0.2, 0.25) is 0 Å². The van der Waals surface area contributed by atoms with Crippen molar-refractivity contribution < 1.29 is 4.79 Å². The zero-order chi connectivity index (χ0) is 16.1. The second-order valence-corrected chi connectivity index (χ2v) is 5.63. The Kier molecular flexibility index (Phi) is 4.63. The highest BCUT2D eigenvalue weighted by molar-refractivity contribution is 9.10. The molecule has 0 aliphatic carbocycles. The van der Waals surface area contributed by atoms with Gasteiger partial charge >= 0.3 is 0 Å². The highest BCUT2D eigenvalue weighted by Gasteiger charge is 2.04. The zero-order valence-corrected chi connectivity index (χ0v) is 13.6. The molecule has 1 aromatic carbocycles. The van der Waals surface area contributed by atoms with Crippen LogP contribution in [0.5, 0.6) is 0 Å². The smallest absolute Gasteiger partial charge is 0.271 e. The van der Waals surface area contributed by atoms with Gasteiger partial charge in [-0.15, -0.1) is 0 Å². The number of nitrogens with zero attached hydrogens (tertiary/aromatic N) is 3. The lowest BCUT2D eigenvalue weighted by atomic mass is 10.3. The Morgan fingerprint density at radius 3 is 2.78 bits per heavy atom. The standard InChI is InChI=1S/C17H13BrN4O/c18-14-3-1-4-15(11-14)22-10-2-5-16(22)12-20-21-17(23)13-6-8-19-9-7-13/h1-12H,(H,21,23)/b20-12-. The van der Waals surface area contributed by atoms with E-state index in [1.54, 1.807) is 30.7 Å². The van der Waals surface area contributed by atoms with Crippen LogP contribution in [0.4, 0.5) is 0 Å². The predicted octanol–water partition coefficient (Wildman–Crippen LogP) is 3.40. The number of hydrogen-bond acceptors (Lipinski definition) is 3. The van der Waals surface area contributed by atoms with Gasteiger partial charge in [0.1, 0.15) is 0 Å². The summed E-state index contributed by atoms with van der Waals surface area (Å²) >= 11 is 3.46. The van der Waals surface area contributed by atoms with Gasteiger partial charge in [-0.2, -0.15) is 5.10 Å². The minimum atomic E-state index is -0.274. The second-order valence-electron chi connectivity index (χ2n) is 4.72. The van der Waals surface area contributed by atoms with Crippen LogP contribution >= 0.6 is 15.9 Å². The molecule has 0 aliphatic heterocycles. The van der Waals surface area contributed by atoms with E-state index in [9.17, 15) is 4.79 Å². The van der Waals surface area contributed by atoms with Gasteiger partial charge in [-0.3, -0.25) is 9.78 Å². The van der Waals surface area contributed by atoms with Crippen LogP contribution < -0.4 is 5.43 Å². The fourth-order valence-corrected chi connectivity index (χ4v) is 2.47. The summed E-state index contributed by atoms with van der Waals surface area (Å²) in [6.45, 7) is 0. The van der Waals surface area contributed by atoms with Crippen molar-refractivity contribution in [3.63, 3.8) is 0 Å². The number of hydrogen-bond donors (Lipinski definition) is 1. The third kappa shape index (κ3) is 3.73. The normalized spacial score (nSPS) is 10.8. The summed E-state index contributed by atoms with van der Waals surface area (Å²) in [4.78, 5) is 15.8. The zero-order valence-electron chi connectivity index (χ0n) is 12.1. The first-order valence-corrected chi connectivity index (χ1v) is 7.70. The van der Waals surface area contributed by atoms with E-state index in [1.165, 1.54) is 0 Å². The number of amides is 1. The van der Waals surface area contributed by atoms with Gasteiger partial charge in [0, 0.05) is 34.3 Å². The van der Waals surface area contributed by atoms with Crippen molar-refractivity contribution in [1.29, 1.82) is 0 Å². The van der Waals surface area contributed by atoms with Crippen molar-refractivity contribution in [3.05, 3.63) is 82.9 Å². The molecule has 0 unspecified atom stereocenters. The van der Waals surface area contributed by atoms with Crippen molar-refractivity contribution in [3.8, 4) is 5.69 Å². The maximum atomic E-state index is 11.9. The van der Waals surface area contributed by atoms with Crippen LogP contribution in [0, 0.1) is 0 Å². The van der Waals surface area contributed by atoms with Crippen molar-refractivity contribution in [1.82, 2.24) is 15.0 Å². The number of carbonyl (C=O) groups excluding carboxylic acids is 1. The van der Waals surface area contributed by atoms with Gasteiger partial charge in [-0.25, -0.2) is 5.43 Å². The van der Waals surface area contributed by atoms with Crippen LogP contribution in [0.1, 0.15) is 16.1 Å². The van der Waals surface area contributed by atoms with Crippen LogP contribution in [-0.4, -0.2) is 21.7 Å². The minimum Gasteiger partial charge on any atom is -0.316 e. The first kappa shape index (κ1) is 15.2. The Balaban J connectivity index is 1.74. The number of benzene rings is 1. The number of carbonyl (C=O) groups is 1. The molecular formula is C17H13BrN4O. The fraction of sp³-hybridized carbons (Fsp3) is 0. The molecule has 2 aromatic heterocycles. The summed E-state index contributed by atoms with van der Waals surface area (Å²) in [5.41, 5.74) is 4.89. The van der Waals surface area contributed by atoms with Gasteiger partial charge in [0.15, 0.2) is 0 Å². The lowest BCUT2D eigenvalue weighted by Crippen LogP contribution is -2.17. The maximum Gasteiger partial charge on any atom is 0.271 e. The molecule has 114 valence electrons. The van der Waals surface area contributed by atoms with E-state index < -0.39 is 0 Å². The number of halogens is 1. The molecule has 0 radical (unpaired) electrons. The van der Waals surface area contributed by atoms with E-state index in [0.717, 1.165) is 15.9 Å². The molecule has 0 bridgehead atoms. The monoisotopic (exact) mass is 368 g/mol. The molecule has 3 rings (SSSR count). The molecule has 0 saturated carbocycles. The van der Waals surface area contributed by atoms with E-state index in [1.807, 2.05) is 47.2 Å². The van der Waals surface area contributed by atoms with Crippen LogP contribution in [0.15, 0.2) is 76.7 Å². The average Bonchev–Trinajstić information content (AvgIpc) is 3.04. The molecule has 0 spiro atoms. The molecule has 1 N–H and O–H groups in total. The molecule has 6 heteroatoms. The lowest BCUT2D eigenvalue weighted by Gasteiger charge is -2.06. The number of pyridine rings is 1. The van der Waals surface area contributed by atoms with Crippen LogP contribution in [0.3, 0.4) is 0 Å². The van der Waals surface area contributed by atoms with Crippen molar-refractivity contribution in [2.24, 2.45) is 5.10 Å².